The lowest BCUT2D eigenvalue weighted by Crippen LogP contribution is -2.35. The van der Waals surface area contributed by atoms with Crippen LogP contribution in [0.2, 0.25) is 0 Å². The molecule has 5 heteroatoms. The fourth-order valence-electron chi connectivity index (χ4n) is 2.00. The van der Waals surface area contributed by atoms with Crippen LogP contribution in [0.1, 0.15) is 25.7 Å². The van der Waals surface area contributed by atoms with Crippen LogP contribution in [0.3, 0.4) is 0 Å². The molecule has 2 N–H and O–H groups in total. The molecule has 1 fully saturated rings. The summed E-state index contributed by atoms with van der Waals surface area (Å²) in [5.41, 5.74) is 0.458. The predicted molar refractivity (Wildman–Crippen MR) is 68.0 cm³/mol. The van der Waals surface area contributed by atoms with Crippen molar-refractivity contribution in [2.75, 3.05) is 5.32 Å². The summed E-state index contributed by atoms with van der Waals surface area (Å²) in [5.74, 6) is -1.73. The van der Waals surface area contributed by atoms with Crippen molar-refractivity contribution in [3.63, 3.8) is 0 Å². The molecule has 2 nitrogen and oxygen atoms in total. The van der Waals surface area contributed by atoms with E-state index >= 15 is 0 Å². The third-order valence-electron chi connectivity index (χ3n) is 2.87. The van der Waals surface area contributed by atoms with Gasteiger partial charge in [0.15, 0.2) is 16.7 Å². The zero-order chi connectivity index (χ0) is 12.3. The topological polar surface area (TPSA) is 24.1 Å². The van der Waals surface area contributed by atoms with Crippen LogP contribution in [0.4, 0.5) is 14.5 Å². The first kappa shape index (κ1) is 12.2. The number of thiocarbonyl (C=S) groups is 1. The van der Waals surface area contributed by atoms with Gasteiger partial charge in [-0.3, -0.25) is 0 Å². The minimum atomic E-state index is -0.876. The average molecular weight is 256 g/mol. The van der Waals surface area contributed by atoms with Gasteiger partial charge in [-0.1, -0.05) is 12.8 Å². The fraction of sp³-hybridized carbons (Fsp3) is 0.417. The quantitative estimate of drug-likeness (QED) is 0.795. The highest BCUT2D eigenvalue weighted by Crippen LogP contribution is 2.18. The van der Waals surface area contributed by atoms with E-state index in [0.29, 0.717) is 16.8 Å². The smallest absolute Gasteiger partial charge is 0.170 e. The number of benzene rings is 1. The van der Waals surface area contributed by atoms with Gasteiger partial charge in [-0.05, 0) is 37.2 Å². The molecule has 0 aromatic heterocycles. The second-order valence-corrected chi connectivity index (χ2v) is 4.62. The summed E-state index contributed by atoms with van der Waals surface area (Å²) < 4.78 is 25.7. The molecule has 1 saturated carbocycles. The lowest BCUT2D eigenvalue weighted by atomic mass is 10.2. The Balaban J connectivity index is 1.90. The minimum Gasteiger partial charge on any atom is -0.360 e. The molecular weight excluding hydrogens is 242 g/mol. The molecule has 1 aromatic carbocycles. The van der Waals surface area contributed by atoms with Crippen molar-refractivity contribution in [1.29, 1.82) is 0 Å². The summed E-state index contributed by atoms with van der Waals surface area (Å²) in [6.07, 6.45) is 4.65. The molecule has 2 rings (SSSR count). The van der Waals surface area contributed by atoms with Crippen LogP contribution >= 0.6 is 12.2 Å². The Morgan fingerprint density at radius 1 is 1.18 bits per heavy atom. The van der Waals surface area contributed by atoms with Gasteiger partial charge >= 0.3 is 0 Å². The molecule has 0 amide bonds. The Labute approximate surface area is 104 Å². The van der Waals surface area contributed by atoms with Gasteiger partial charge in [0.05, 0.1) is 0 Å². The van der Waals surface area contributed by atoms with Crippen molar-refractivity contribution in [1.82, 2.24) is 5.32 Å². The van der Waals surface area contributed by atoms with Gasteiger partial charge in [0.25, 0.3) is 0 Å². The first-order valence-corrected chi connectivity index (χ1v) is 6.08. The molecule has 1 aliphatic rings. The van der Waals surface area contributed by atoms with Gasteiger partial charge in [0.2, 0.25) is 0 Å². The summed E-state index contributed by atoms with van der Waals surface area (Å²) >= 11 is 5.11. The molecular formula is C12H14F2N2S. The predicted octanol–water partition coefficient (Wildman–Crippen LogP) is 3.19. The van der Waals surface area contributed by atoms with E-state index < -0.39 is 11.6 Å². The van der Waals surface area contributed by atoms with E-state index in [9.17, 15) is 8.78 Å². The molecule has 0 spiro atoms. The van der Waals surface area contributed by atoms with E-state index in [1.165, 1.54) is 18.9 Å². The molecule has 92 valence electrons. The highest BCUT2D eigenvalue weighted by molar-refractivity contribution is 7.80. The summed E-state index contributed by atoms with van der Waals surface area (Å²) in [6.45, 7) is 0. The molecule has 17 heavy (non-hydrogen) atoms. The normalized spacial score (nSPS) is 15.9. The zero-order valence-electron chi connectivity index (χ0n) is 9.30. The maximum absolute atomic E-state index is 13.0. The van der Waals surface area contributed by atoms with E-state index in [-0.39, 0.29) is 0 Å². The van der Waals surface area contributed by atoms with Crippen molar-refractivity contribution in [2.24, 2.45) is 0 Å². The third-order valence-corrected chi connectivity index (χ3v) is 3.09. The Morgan fingerprint density at radius 2 is 1.88 bits per heavy atom. The van der Waals surface area contributed by atoms with Crippen LogP contribution in [0, 0.1) is 11.6 Å². The Morgan fingerprint density at radius 3 is 2.53 bits per heavy atom. The van der Waals surface area contributed by atoms with Crippen molar-refractivity contribution >= 4 is 23.0 Å². The molecule has 1 aliphatic carbocycles. The van der Waals surface area contributed by atoms with Crippen LogP contribution in [-0.4, -0.2) is 11.2 Å². The van der Waals surface area contributed by atoms with Gasteiger partial charge in [0, 0.05) is 17.8 Å². The van der Waals surface area contributed by atoms with Crippen molar-refractivity contribution in [2.45, 2.75) is 31.7 Å². The molecule has 0 heterocycles. The number of rotatable bonds is 2. The SMILES string of the molecule is Fc1ccc(NC(=S)NC2CCCC2)cc1F. The van der Waals surface area contributed by atoms with Crippen molar-refractivity contribution < 1.29 is 8.78 Å². The Hall–Kier alpha value is -1.23. The zero-order valence-corrected chi connectivity index (χ0v) is 10.1. The second-order valence-electron chi connectivity index (χ2n) is 4.21. The standard InChI is InChI=1S/C12H14F2N2S/c13-10-6-5-9(7-11(10)14)16-12(17)15-8-3-1-2-4-8/h5-8H,1-4H2,(H2,15,16,17). The van der Waals surface area contributed by atoms with Crippen LogP contribution in [0.25, 0.3) is 0 Å². The fourth-order valence-corrected chi connectivity index (χ4v) is 2.28. The van der Waals surface area contributed by atoms with E-state index in [1.54, 1.807) is 0 Å². The lowest BCUT2D eigenvalue weighted by Gasteiger charge is -2.15. The highest BCUT2D eigenvalue weighted by Gasteiger charge is 2.15. The Bertz CT molecular complexity index is 417. The number of hydrogen-bond donors (Lipinski definition) is 2. The van der Waals surface area contributed by atoms with Gasteiger partial charge in [0.1, 0.15) is 0 Å². The van der Waals surface area contributed by atoms with Crippen LogP contribution in [0.5, 0.6) is 0 Å². The van der Waals surface area contributed by atoms with Crippen LogP contribution < -0.4 is 10.6 Å². The maximum Gasteiger partial charge on any atom is 0.170 e. The molecule has 0 saturated heterocycles. The summed E-state index contributed by atoms with van der Waals surface area (Å²) in [4.78, 5) is 0. The van der Waals surface area contributed by atoms with E-state index in [4.69, 9.17) is 12.2 Å². The monoisotopic (exact) mass is 256 g/mol. The van der Waals surface area contributed by atoms with Gasteiger partial charge in [-0.2, -0.15) is 0 Å². The van der Waals surface area contributed by atoms with Gasteiger partial charge < -0.3 is 10.6 Å². The van der Waals surface area contributed by atoms with Crippen molar-refractivity contribution in [3.8, 4) is 0 Å². The molecule has 0 unspecified atom stereocenters. The summed E-state index contributed by atoms with van der Waals surface area (Å²) in [6, 6.07) is 4.04. The maximum atomic E-state index is 13.0. The number of nitrogens with one attached hydrogen (secondary N) is 2. The molecule has 1 aromatic rings. The highest BCUT2D eigenvalue weighted by atomic mass is 32.1. The lowest BCUT2D eigenvalue weighted by molar-refractivity contribution is 0.509. The molecule has 0 bridgehead atoms. The van der Waals surface area contributed by atoms with Gasteiger partial charge in [-0.15, -0.1) is 0 Å². The molecule has 0 radical (unpaired) electrons. The van der Waals surface area contributed by atoms with E-state index in [2.05, 4.69) is 10.6 Å². The van der Waals surface area contributed by atoms with Gasteiger partial charge in [-0.25, -0.2) is 8.78 Å². The first-order chi connectivity index (χ1) is 8.15. The third kappa shape index (κ3) is 3.36. The van der Waals surface area contributed by atoms with Crippen molar-refractivity contribution in [3.05, 3.63) is 29.8 Å². The number of halogens is 2. The number of hydrogen-bond acceptors (Lipinski definition) is 1. The average Bonchev–Trinajstić information content (AvgIpc) is 2.76. The largest absolute Gasteiger partial charge is 0.360 e. The summed E-state index contributed by atoms with van der Waals surface area (Å²) in [7, 11) is 0. The minimum absolute atomic E-state index is 0.403. The van der Waals surface area contributed by atoms with E-state index in [0.717, 1.165) is 25.0 Å². The van der Waals surface area contributed by atoms with Crippen LogP contribution in [-0.2, 0) is 0 Å². The first-order valence-electron chi connectivity index (χ1n) is 5.68. The summed E-state index contributed by atoms with van der Waals surface area (Å²) in [5, 5.41) is 6.48. The molecule has 0 atom stereocenters. The molecule has 0 aliphatic heterocycles. The Kier molecular flexibility index (Phi) is 3.89. The van der Waals surface area contributed by atoms with E-state index in [1.807, 2.05) is 0 Å². The second kappa shape index (κ2) is 5.40. The number of anilines is 1. The van der Waals surface area contributed by atoms with Crippen LogP contribution in [0.15, 0.2) is 18.2 Å².